The molecule has 2 aromatic heterocycles. The Bertz CT molecular complexity index is 1280. The number of hydrogen-bond acceptors (Lipinski definition) is 6. The van der Waals surface area contributed by atoms with Gasteiger partial charge in [0.15, 0.2) is 11.6 Å². The van der Waals surface area contributed by atoms with Gasteiger partial charge < -0.3 is 19.5 Å². The Morgan fingerprint density at radius 1 is 1.06 bits per heavy atom. The van der Waals surface area contributed by atoms with E-state index in [1.54, 1.807) is 40.5 Å². The molecule has 34 heavy (non-hydrogen) atoms. The van der Waals surface area contributed by atoms with E-state index in [4.69, 9.17) is 9.40 Å². The molecule has 9 nitrogen and oxygen atoms in total. The Kier molecular flexibility index (Phi) is 5.84. The standard InChI is InChI=1S/C25H24N6O3/c1-18(24(32)29-12-14-30(15-13-29)25(33)20-9-5-16-34-20)27-23-22(19-7-3-2-4-8-19)28-21-17-26-10-6-11-31(21)23/h2-5,7-11,16-18,27H,12-15H2,1H3. The van der Waals surface area contributed by atoms with E-state index in [0.29, 0.717) is 43.6 Å². The lowest BCUT2D eigenvalue weighted by Crippen LogP contribution is -2.53. The molecular weight excluding hydrogens is 432 g/mol. The first-order valence-corrected chi connectivity index (χ1v) is 11.1. The van der Waals surface area contributed by atoms with Crippen molar-refractivity contribution >= 4 is 30.0 Å². The van der Waals surface area contributed by atoms with Gasteiger partial charge in [0.25, 0.3) is 5.91 Å². The van der Waals surface area contributed by atoms with E-state index in [0.717, 1.165) is 11.3 Å². The average Bonchev–Trinajstić information content (AvgIpc) is 3.47. The molecule has 2 aliphatic heterocycles. The number of amides is 2. The molecule has 1 unspecified atom stereocenters. The first-order valence-electron chi connectivity index (χ1n) is 11.1. The van der Waals surface area contributed by atoms with Crippen LogP contribution >= 0.6 is 0 Å². The van der Waals surface area contributed by atoms with Crippen LogP contribution in [0.5, 0.6) is 0 Å². The molecule has 1 fully saturated rings. The monoisotopic (exact) mass is 456 g/mol. The van der Waals surface area contributed by atoms with Crippen LogP contribution in [0.15, 0.2) is 70.1 Å². The molecule has 2 aliphatic rings. The van der Waals surface area contributed by atoms with Gasteiger partial charge in [-0.15, -0.1) is 0 Å². The fraction of sp³-hybridized carbons (Fsp3) is 0.240. The van der Waals surface area contributed by atoms with E-state index in [9.17, 15) is 9.59 Å². The van der Waals surface area contributed by atoms with Crippen molar-refractivity contribution in [3.63, 3.8) is 0 Å². The first kappa shape index (κ1) is 21.5. The van der Waals surface area contributed by atoms with Crippen LogP contribution in [-0.4, -0.2) is 69.6 Å². The summed E-state index contributed by atoms with van der Waals surface area (Å²) >= 11 is 0. The second-order valence-corrected chi connectivity index (χ2v) is 8.07. The van der Waals surface area contributed by atoms with Crippen LogP contribution in [0.3, 0.4) is 0 Å². The molecule has 1 atom stereocenters. The highest BCUT2D eigenvalue weighted by molar-refractivity contribution is 5.92. The van der Waals surface area contributed by atoms with E-state index >= 15 is 0 Å². The molecule has 1 saturated heterocycles. The summed E-state index contributed by atoms with van der Waals surface area (Å²) in [5, 5.41) is 3.37. The number of nitrogens with zero attached hydrogens (tertiary/aromatic N) is 5. The zero-order chi connectivity index (χ0) is 23.5. The highest BCUT2D eigenvalue weighted by Crippen LogP contribution is 2.30. The van der Waals surface area contributed by atoms with Gasteiger partial charge in [-0.25, -0.2) is 4.98 Å². The highest BCUT2D eigenvalue weighted by atomic mass is 16.3. The molecular formula is C25H24N6O3. The predicted octanol–water partition coefficient (Wildman–Crippen LogP) is 2.94. The lowest BCUT2D eigenvalue weighted by molar-refractivity contribution is -0.133. The van der Waals surface area contributed by atoms with Crippen LogP contribution in [0.25, 0.3) is 17.5 Å². The topological polar surface area (TPSA) is 96.0 Å². The maximum atomic E-state index is 13.3. The molecule has 9 heteroatoms. The number of aliphatic imine (C=N–C) groups is 1. The number of hydrogen-bond donors (Lipinski definition) is 1. The summed E-state index contributed by atoms with van der Waals surface area (Å²) in [4.78, 5) is 38.2. The van der Waals surface area contributed by atoms with E-state index in [-0.39, 0.29) is 11.8 Å². The number of nitrogens with one attached hydrogen (secondary N) is 1. The molecule has 1 N–H and O–H groups in total. The van der Waals surface area contributed by atoms with E-state index < -0.39 is 6.04 Å². The fourth-order valence-corrected chi connectivity index (χ4v) is 4.09. The SMILES string of the molecule is CC(Nc1c(-c2ccccc2)nc2n1C=C=CN=C2)C(=O)N1CCN(C(=O)c2ccco2)CC1. The number of anilines is 1. The molecule has 2 amide bonds. The van der Waals surface area contributed by atoms with Gasteiger partial charge in [0, 0.05) is 31.7 Å². The third-order valence-corrected chi connectivity index (χ3v) is 5.86. The number of benzene rings is 1. The normalized spacial score (nSPS) is 15.7. The van der Waals surface area contributed by atoms with Crippen LogP contribution < -0.4 is 5.32 Å². The van der Waals surface area contributed by atoms with Gasteiger partial charge in [-0.2, -0.15) is 0 Å². The minimum atomic E-state index is -0.506. The summed E-state index contributed by atoms with van der Waals surface area (Å²) in [6.07, 6.45) is 6.47. The van der Waals surface area contributed by atoms with Gasteiger partial charge in [0.1, 0.15) is 17.6 Å². The molecule has 1 aromatic carbocycles. The molecule has 0 saturated carbocycles. The van der Waals surface area contributed by atoms with Crippen molar-refractivity contribution in [1.29, 1.82) is 0 Å². The zero-order valence-electron chi connectivity index (χ0n) is 18.7. The average molecular weight is 457 g/mol. The Hall–Kier alpha value is -4.36. The molecule has 0 radical (unpaired) electrons. The highest BCUT2D eigenvalue weighted by Gasteiger charge is 2.29. The smallest absolute Gasteiger partial charge is 0.289 e. The zero-order valence-corrected chi connectivity index (χ0v) is 18.7. The van der Waals surface area contributed by atoms with E-state index in [1.165, 1.54) is 6.26 Å². The van der Waals surface area contributed by atoms with Crippen LogP contribution in [-0.2, 0) is 4.79 Å². The van der Waals surface area contributed by atoms with Crippen LogP contribution in [0, 0.1) is 0 Å². The summed E-state index contributed by atoms with van der Waals surface area (Å²) in [5.41, 5.74) is 4.66. The van der Waals surface area contributed by atoms with Crippen LogP contribution in [0.1, 0.15) is 23.3 Å². The quantitative estimate of drug-likeness (QED) is 0.596. The lowest BCUT2D eigenvalue weighted by atomic mass is 10.1. The van der Waals surface area contributed by atoms with Crippen molar-refractivity contribution in [2.75, 3.05) is 31.5 Å². The van der Waals surface area contributed by atoms with Gasteiger partial charge in [0.2, 0.25) is 5.91 Å². The largest absolute Gasteiger partial charge is 0.459 e. The molecule has 4 heterocycles. The van der Waals surface area contributed by atoms with Crippen molar-refractivity contribution < 1.29 is 14.0 Å². The summed E-state index contributed by atoms with van der Waals surface area (Å²) in [6.45, 7) is 3.67. The van der Waals surface area contributed by atoms with Gasteiger partial charge >= 0.3 is 0 Å². The number of aromatic nitrogens is 2. The van der Waals surface area contributed by atoms with Crippen LogP contribution in [0.4, 0.5) is 5.82 Å². The maximum absolute atomic E-state index is 13.3. The fourth-order valence-electron chi connectivity index (χ4n) is 4.09. The van der Waals surface area contributed by atoms with Crippen molar-refractivity contribution in [2.45, 2.75) is 13.0 Å². The predicted molar refractivity (Wildman–Crippen MR) is 128 cm³/mol. The Morgan fingerprint density at radius 3 is 2.56 bits per heavy atom. The van der Waals surface area contributed by atoms with Gasteiger partial charge in [-0.05, 0) is 19.1 Å². The Labute approximate surface area is 196 Å². The number of carbonyl (C=O) groups excluding carboxylic acids is 2. The minimum absolute atomic E-state index is 0.0403. The summed E-state index contributed by atoms with van der Waals surface area (Å²) < 4.78 is 7.06. The molecule has 0 bridgehead atoms. The molecule has 172 valence electrons. The Morgan fingerprint density at radius 2 is 1.82 bits per heavy atom. The molecule has 3 aromatic rings. The van der Waals surface area contributed by atoms with Crippen molar-refractivity contribution in [1.82, 2.24) is 19.4 Å². The second-order valence-electron chi connectivity index (χ2n) is 8.07. The summed E-state index contributed by atoms with van der Waals surface area (Å²) in [6, 6.07) is 12.6. The van der Waals surface area contributed by atoms with Gasteiger partial charge in [0.05, 0.1) is 24.9 Å². The maximum Gasteiger partial charge on any atom is 0.289 e. The number of imidazole rings is 1. The third kappa shape index (κ3) is 4.16. The van der Waals surface area contributed by atoms with Crippen molar-refractivity contribution in [2.24, 2.45) is 4.99 Å². The Balaban J connectivity index is 1.32. The van der Waals surface area contributed by atoms with E-state index in [2.05, 4.69) is 16.0 Å². The molecule has 0 aliphatic carbocycles. The van der Waals surface area contributed by atoms with E-state index in [1.807, 2.05) is 41.8 Å². The first-order chi connectivity index (χ1) is 16.6. The third-order valence-electron chi connectivity index (χ3n) is 5.86. The number of carbonyl (C=O) groups is 2. The van der Waals surface area contributed by atoms with Crippen molar-refractivity contribution in [3.05, 3.63) is 72.2 Å². The number of furan rings is 1. The lowest BCUT2D eigenvalue weighted by Gasteiger charge is -2.35. The molecule has 5 rings (SSSR count). The molecule has 0 spiro atoms. The van der Waals surface area contributed by atoms with Crippen molar-refractivity contribution in [3.8, 4) is 11.3 Å². The van der Waals surface area contributed by atoms with Gasteiger partial charge in [-0.1, -0.05) is 36.1 Å². The summed E-state index contributed by atoms with van der Waals surface area (Å²) in [7, 11) is 0. The van der Waals surface area contributed by atoms with Crippen LogP contribution in [0.2, 0.25) is 0 Å². The summed E-state index contributed by atoms with van der Waals surface area (Å²) in [5.74, 6) is 1.46. The number of fused-ring (bicyclic) bond motifs is 1. The van der Waals surface area contributed by atoms with Gasteiger partial charge in [-0.3, -0.25) is 19.1 Å². The number of piperazine rings is 1. The number of rotatable bonds is 5. The second kappa shape index (κ2) is 9.25. The minimum Gasteiger partial charge on any atom is -0.459 e.